The van der Waals surface area contributed by atoms with Crippen molar-refractivity contribution in [1.29, 1.82) is 0 Å². The summed E-state index contributed by atoms with van der Waals surface area (Å²) in [7, 11) is 1.77. The van der Waals surface area contributed by atoms with Crippen LogP contribution in [0, 0.1) is 0 Å². The van der Waals surface area contributed by atoms with Crippen LogP contribution in [0.1, 0.15) is 26.2 Å². The van der Waals surface area contributed by atoms with Crippen LogP contribution in [0.3, 0.4) is 0 Å². The molecular formula is C9H19NO2. The van der Waals surface area contributed by atoms with E-state index in [1.54, 1.807) is 14.0 Å². The van der Waals surface area contributed by atoms with Gasteiger partial charge in [0.25, 0.3) is 0 Å². The summed E-state index contributed by atoms with van der Waals surface area (Å²) in [5.74, 6) is 0. The number of hydrogen-bond acceptors (Lipinski definition) is 3. The van der Waals surface area contributed by atoms with Gasteiger partial charge >= 0.3 is 0 Å². The minimum absolute atomic E-state index is 0.0783. The number of aliphatic hydroxyl groups excluding tert-OH is 1. The Balaban J connectivity index is 2.12. The zero-order chi connectivity index (χ0) is 9.03. The molecule has 72 valence electrons. The number of ether oxygens (including phenoxy) is 1. The standard InChI is InChI=1S/C9H19NO2/c1-8(11)6-10-7-9(12-2)4-3-5-9/h8,10-11H,3-7H2,1-2H3/t8-/m1/s1. The Kier molecular flexibility index (Phi) is 3.50. The molecule has 2 N–H and O–H groups in total. The van der Waals surface area contributed by atoms with Crippen LogP contribution >= 0.6 is 0 Å². The predicted molar refractivity (Wildman–Crippen MR) is 48.1 cm³/mol. The molecular weight excluding hydrogens is 154 g/mol. The third-order valence-electron chi connectivity index (χ3n) is 2.58. The first-order chi connectivity index (χ1) is 5.68. The molecule has 1 aliphatic carbocycles. The van der Waals surface area contributed by atoms with Gasteiger partial charge in [-0.3, -0.25) is 0 Å². The van der Waals surface area contributed by atoms with Gasteiger partial charge in [0.15, 0.2) is 0 Å². The lowest BCUT2D eigenvalue weighted by Gasteiger charge is -2.40. The SMILES string of the molecule is COC1(CNC[C@@H](C)O)CCC1. The van der Waals surface area contributed by atoms with Crippen molar-refractivity contribution in [1.82, 2.24) is 5.32 Å². The topological polar surface area (TPSA) is 41.5 Å². The third kappa shape index (κ3) is 2.44. The molecule has 0 amide bonds. The van der Waals surface area contributed by atoms with Crippen molar-refractivity contribution in [2.45, 2.75) is 37.9 Å². The van der Waals surface area contributed by atoms with Gasteiger partial charge < -0.3 is 15.2 Å². The molecule has 0 heterocycles. The van der Waals surface area contributed by atoms with E-state index in [-0.39, 0.29) is 11.7 Å². The molecule has 1 rings (SSSR count). The van der Waals surface area contributed by atoms with Crippen molar-refractivity contribution >= 4 is 0 Å². The lowest BCUT2D eigenvalue weighted by Crippen LogP contribution is -2.49. The fourth-order valence-corrected chi connectivity index (χ4v) is 1.53. The molecule has 1 aliphatic rings. The van der Waals surface area contributed by atoms with Crippen LogP contribution < -0.4 is 5.32 Å². The molecule has 1 fully saturated rings. The van der Waals surface area contributed by atoms with Gasteiger partial charge in [0.1, 0.15) is 0 Å². The highest BCUT2D eigenvalue weighted by atomic mass is 16.5. The normalized spacial score (nSPS) is 23.2. The molecule has 3 heteroatoms. The van der Waals surface area contributed by atoms with E-state index in [9.17, 15) is 0 Å². The summed E-state index contributed by atoms with van der Waals surface area (Å²) in [4.78, 5) is 0. The molecule has 12 heavy (non-hydrogen) atoms. The van der Waals surface area contributed by atoms with Gasteiger partial charge in [-0.25, -0.2) is 0 Å². The lowest BCUT2D eigenvalue weighted by molar-refractivity contribution is -0.0701. The number of methoxy groups -OCH3 is 1. The average molecular weight is 173 g/mol. The van der Waals surface area contributed by atoms with Gasteiger partial charge in [-0.05, 0) is 26.2 Å². The third-order valence-corrected chi connectivity index (χ3v) is 2.58. The summed E-state index contributed by atoms with van der Waals surface area (Å²) < 4.78 is 5.41. The Morgan fingerprint density at radius 2 is 2.25 bits per heavy atom. The van der Waals surface area contributed by atoms with Gasteiger partial charge in [0.05, 0.1) is 11.7 Å². The van der Waals surface area contributed by atoms with Crippen LogP contribution in [0.2, 0.25) is 0 Å². The Hall–Kier alpha value is -0.120. The number of hydrogen-bond donors (Lipinski definition) is 2. The van der Waals surface area contributed by atoms with Gasteiger partial charge in [0.2, 0.25) is 0 Å². The Bertz CT molecular complexity index is 127. The quantitative estimate of drug-likeness (QED) is 0.637. The van der Waals surface area contributed by atoms with Crippen LogP contribution in [0.5, 0.6) is 0 Å². The molecule has 3 nitrogen and oxygen atoms in total. The van der Waals surface area contributed by atoms with E-state index in [2.05, 4.69) is 5.32 Å². The smallest absolute Gasteiger partial charge is 0.0802 e. The molecule has 0 aromatic carbocycles. The highest BCUT2D eigenvalue weighted by Crippen LogP contribution is 2.34. The lowest BCUT2D eigenvalue weighted by atomic mass is 9.80. The molecule has 0 aromatic rings. The van der Waals surface area contributed by atoms with E-state index < -0.39 is 0 Å². The molecule has 0 saturated heterocycles. The highest BCUT2D eigenvalue weighted by molar-refractivity contribution is 4.91. The molecule has 0 aromatic heterocycles. The Morgan fingerprint density at radius 1 is 1.58 bits per heavy atom. The molecule has 1 atom stereocenters. The van der Waals surface area contributed by atoms with E-state index in [4.69, 9.17) is 9.84 Å². The van der Waals surface area contributed by atoms with E-state index >= 15 is 0 Å². The van der Waals surface area contributed by atoms with Crippen molar-refractivity contribution < 1.29 is 9.84 Å². The first-order valence-electron chi connectivity index (χ1n) is 4.62. The second-order valence-electron chi connectivity index (χ2n) is 3.72. The Labute approximate surface area is 74.1 Å². The largest absolute Gasteiger partial charge is 0.392 e. The fraction of sp³-hybridized carbons (Fsp3) is 1.00. The maximum atomic E-state index is 9.01. The average Bonchev–Trinajstić information content (AvgIpc) is 1.94. The van der Waals surface area contributed by atoms with Crippen LogP contribution in [0.25, 0.3) is 0 Å². The summed E-state index contributed by atoms with van der Waals surface area (Å²) in [5, 5.41) is 12.2. The van der Waals surface area contributed by atoms with E-state index in [1.807, 2.05) is 0 Å². The molecule has 0 radical (unpaired) electrons. The number of aliphatic hydroxyl groups is 1. The molecule has 0 aliphatic heterocycles. The summed E-state index contributed by atoms with van der Waals surface area (Å²) in [6.07, 6.45) is 3.30. The zero-order valence-electron chi connectivity index (χ0n) is 7.97. The predicted octanol–water partition coefficient (Wildman–Crippen LogP) is 0.526. The van der Waals surface area contributed by atoms with Crippen molar-refractivity contribution in [2.24, 2.45) is 0 Å². The van der Waals surface area contributed by atoms with Crippen molar-refractivity contribution in [3.05, 3.63) is 0 Å². The molecule has 0 unspecified atom stereocenters. The second-order valence-corrected chi connectivity index (χ2v) is 3.72. The maximum Gasteiger partial charge on any atom is 0.0802 e. The Morgan fingerprint density at radius 3 is 2.58 bits per heavy atom. The zero-order valence-corrected chi connectivity index (χ0v) is 7.97. The van der Waals surface area contributed by atoms with E-state index in [0.717, 1.165) is 19.4 Å². The van der Waals surface area contributed by atoms with Crippen molar-refractivity contribution in [2.75, 3.05) is 20.2 Å². The first-order valence-corrected chi connectivity index (χ1v) is 4.62. The van der Waals surface area contributed by atoms with Gasteiger partial charge in [-0.2, -0.15) is 0 Å². The first kappa shape index (κ1) is 9.96. The van der Waals surface area contributed by atoms with Crippen LogP contribution in [0.15, 0.2) is 0 Å². The monoisotopic (exact) mass is 173 g/mol. The summed E-state index contributed by atoms with van der Waals surface area (Å²) in [6.45, 7) is 3.31. The van der Waals surface area contributed by atoms with E-state index in [1.165, 1.54) is 6.42 Å². The fourth-order valence-electron chi connectivity index (χ4n) is 1.53. The number of rotatable bonds is 5. The molecule has 1 saturated carbocycles. The van der Waals surface area contributed by atoms with Crippen LogP contribution in [0.4, 0.5) is 0 Å². The van der Waals surface area contributed by atoms with E-state index in [0.29, 0.717) is 6.54 Å². The van der Waals surface area contributed by atoms with Gasteiger partial charge in [-0.1, -0.05) is 0 Å². The van der Waals surface area contributed by atoms with Crippen LogP contribution in [-0.2, 0) is 4.74 Å². The van der Waals surface area contributed by atoms with Gasteiger partial charge in [0, 0.05) is 20.2 Å². The molecule has 0 bridgehead atoms. The minimum atomic E-state index is -0.265. The van der Waals surface area contributed by atoms with Crippen LogP contribution in [-0.4, -0.2) is 37.0 Å². The summed E-state index contributed by atoms with van der Waals surface area (Å²) in [6, 6.07) is 0. The second kappa shape index (κ2) is 4.21. The summed E-state index contributed by atoms with van der Waals surface area (Å²) >= 11 is 0. The minimum Gasteiger partial charge on any atom is -0.392 e. The number of nitrogens with one attached hydrogen (secondary N) is 1. The van der Waals surface area contributed by atoms with Crippen molar-refractivity contribution in [3.8, 4) is 0 Å². The highest BCUT2D eigenvalue weighted by Gasteiger charge is 2.36. The van der Waals surface area contributed by atoms with Crippen molar-refractivity contribution in [3.63, 3.8) is 0 Å². The van der Waals surface area contributed by atoms with Gasteiger partial charge in [-0.15, -0.1) is 0 Å². The molecule has 0 spiro atoms. The summed E-state index contributed by atoms with van der Waals surface area (Å²) in [5.41, 5.74) is 0.0783. The maximum absolute atomic E-state index is 9.01.